The lowest BCUT2D eigenvalue weighted by molar-refractivity contribution is 0.0746. The van der Waals surface area contributed by atoms with Crippen molar-refractivity contribution in [3.8, 4) is 5.75 Å². The molecule has 0 radical (unpaired) electrons. The van der Waals surface area contributed by atoms with Crippen LogP contribution in [0.1, 0.15) is 38.3 Å². The lowest BCUT2D eigenvalue weighted by Crippen LogP contribution is -2.17. The maximum absolute atomic E-state index is 10.0. The summed E-state index contributed by atoms with van der Waals surface area (Å²) in [4.78, 5) is 0. The van der Waals surface area contributed by atoms with Gasteiger partial charge in [-0.25, -0.2) is 0 Å². The van der Waals surface area contributed by atoms with Crippen molar-refractivity contribution in [1.29, 1.82) is 0 Å². The van der Waals surface area contributed by atoms with Gasteiger partial charge in [0, 0.05) is 5.56 Å². The van der Waals surface area contributed by atoms with E-state index in [0.29, 0.717) is 6.61 Å². The van der Waals surface area contributed by atoms with E-state index in [-0.39, 0.29) is 0 Å². The molecule has 0 heterocycles. The monoisotopic (exact) mass is 208 g/mol. The van der Waals surface area contributed by atoms with Crippen LogP contribution in [0, 0.1) is 6.92 Å². The number of rotatable bonds is 4. The zero-order valence-corrected chi connectivity index (χ0v) is 10.0. The molecule has 1 N–H and O–H groups in total. The Balaban J connectivity index is 3.09. The molecule has 0 amide bonds. The number of hydrogen-bond acceptors (Lipinski definition) is 2. The van der Waals surface area contributed by atoms with Crippen molar-refractivity contribution >= 4 is 0 Å². The number of hydrogen-bond donors (Lipinski definition) is 1. The summed E-state index contributed by atoms with van der Waals surface area (Å²) in [7, 11) is 0. The molecule has 0 aliphatic heterocycles. The molecule has 0 bridgehead atoms. The first-order valence-electron chi connectivity index (χ1n) is 5.42. The SMILES string of the molecule is CCCOc1c(C)cccc1C(C)(C)O. The standard InChI is InChI=1S/C13H20O2/c1-5-9-15-12-10(2)7-6-8-11(12)13(3,4)14/h6-8,14H,5,9H2,1-4H3. The summed E-state index contributed by atoms with van der Waals surface area (Å²) in [6, 6.07) is 5.86. The van der Waals surface area contributed by atoms with Gasteiger partial charge in [-0.05, 0) is 32.8 Å². The average molecular weight is 208 g/mol. The maximum Gasteiger partial charge on any atom is 0.128 e. The summed E-state index contributed by atoms with van der Waals surface area (Å²) in [5, 5.41) is 10.0. The Hall–Kier alpha value is -1.02. The second-order valence-corrected chi connectivity index (χ2v) is 4.36. The van der Waals surface area contributed by atoms with E-state index in [2.05, 4.69) is 6.92 Å². The summed E-state index contributed by atoms with van der Waals surface area (Å²) in [6.07, 6.45) is 0.972. The number of benzene rings is 1. The van der Waals surface area contributed by atoms with E-state index in [9.17, 15) is 5.11 Å². The van der Waals surface area contributed by atoms with Crippen LogP contribution in [-0.2, 0) is 5.60 Å². The van der Waals surface area contributed by atoms with Gasteiger partial charge in [0.2, 0.25) is 0 Å². The highest BCUT2D eigenvalue weighted by molar-refractivity contribution is 5.43. The molecule has 0 fully saturated rings. The summed E-state index contributed by atoms with van der Waals surface area (Å²) in [5.74, 6) is 0.826. The number of aryl methyl sites for hydroxylation is 1. The quantitative estimate of drug-likeness (QED) is 0.824. The molecular weight excluding hydrogens is 188 g/mol. The predicted octanol–water partition coefficient (Wildman–Crippen LogP) is 3.01. The Bertz CT molecular complexity index is 324. The molecule has 0 atom stereocenters. The van der Waals surface area contributed by atoms with E-state index in [4.69, 9.17) is 4.74 Å². The normalized spacial score (nSPS) is 11.5. The van der Waals surface area contributed by atoms with E-state index < -0.39 is 5.60 Å². The Kier molecular flexibility index (Phi) is 3.75. The minimum Gasteiger partial charge on any atom is -0.493 e. The van der Waals surface area contributed by atoms with Crippen molar-refractivity contribution < 1.29 is 9.84 Å². The summed E-state index contributed by atoms with van der Waals surface area (Å²) >= 11 is 0. The Morgan fingerprint density at radius 2 is 2.00 bits per heavy atom. The van der Waals surface area contributed by atoms with Crippen LogP contribution in [0.25, 0.3) is 0 Å². The lowest BCUT2D eigenvalue weighted by atomic mass is 9.95. The molecule has 1 aromatic carbocycles. The summed E-state index contributed by atoms with van der Waals surface area (Å²) in [5.41, 5.74) is 1.08. The van der Waals surface area contributed by atoms with Gasteiger partial charge in [-0.15, -0.1) is 0 Å². The van der Waals surface area contributed by atoms with E-state index in [1.807, 2.05) is 25.1 Å². The fourth-order valence-corrected chi connectivity index (χ4v) is 1.53. The Morgan fingerprint density at radius 1 is 1.33 bits per heavy atom. The number of para-hydroxylation sites is 1. The maximum atomic E-state index is 10.0. The van der Waals surface area contributed by atoms with Gasteiger partial charge in [-0.3, -0.25) is 0 Å². The van der Waals surface area contributed by atoms with Crippen LogP contribution in [0.3, 0.4) is 0 Å². The first kappa shape index (κ1) is 12.1. The molecule has 0 aliphatic carbocycles. The van der Waals surface area contributed by atoms with Crippen molar-refractivity contribution in [3.63, 3.8) is 0 Å². The van der Waals surface area contributed by atoms with Crippen LogP contribution in [-0.4, -0.2) is 11.7 Å². The minimum atomic E-state index is -0.852. The van der Waals surface area contributed by atoms with Gasteiger partial charge in [0.05, 0.1) is 12.2 Å². The van der Waals surface area contributed by atoms with Gasteiger partial charge >= 0.3 is 0 Å². The molecule has 15 heavy (non-hydrogen) atoms. The van der Waals surface area contributed by atoms with Crippen LogP contribution in [0.5, 0.6) is 5.75 Å². The second kappa shape index (κ2) is 4.67. The second-order valence-electron chi connectivity index (χ2n) is 4.36. The Labute approximate surface area is 91.9 Å². The van der Waals surface area contributed by atoms with E-state index in [1.54, 1.807) is 13.8 Å². The zero-order chi connectivity index (χ0) is 11.5. The number of aliphatic hydroxyl groups is 1. The molecule has 1 aromatic rings. The average Bonchev–Trinajstić information content (AvgIpc) is 2.14. The lowest BCUT2D eigenvalue weighted by Gasteiger charge is -2.22. The molecular formula is C13H20O2. The molecule has 2 heteroatoms. The van der Waals surface area contributed by atoms with Crippen molar-refractivity contribution in [2.75, 3.05) is 6.61 Å². The predicted molar refractivity (Wildman–Crippen MR) is 62.2 cm³/mol. The zero-order valence-electron chi connectivity index (χ0n) is 10.0. The number of ether oxygens (including phenoxy) is 1. The largest absolute Gasteiger partial charge is 0.493 e. The molecule has 0 spiro atoms. The highest BCUT2D eigenvalue weighted by Crippen LogP contribution is 2.32. The van der Waals surface area contributed by atoms with E-state index in [0.717, 1.165) is 23.3 Å². The third-order valence-electron chi connectivity index (χ3n) is 2.32. The highest BCUT2D eigenvalue weighted by atomic mass is 16.5. The highest BCUT2D eigenvalue weighted by Gasteiger charge is 2.21. The van der Waals surface area contributed by atoms with Crippen molar-refractivity contribution in [3.05, 3.63) is 29.3 Å². The van der Waals surface area contributed by atoms with Crippen molar-refractivity contribution in [1.82, 2.24) is 0 Å². The fraction of sp³-hybridized carbons (Fsp3) is 0.538. The van der Waals surface area contributed by atoms with Crippen molar-refractivity contribution in [2.24, 2.45) is 0 Å². The van der Waals surface area contributed by atoms with Gasteiger partial charge in [0.15, 0.2) is 0 Å². The minimum absolute atomic E-state index is 0.688. The van der Waals surface area contributed by atoms with Gasteiger partial charge in [0.1, 0.15) is 5.75 Å². The third kappa shape index (κ3) is 2.96. The van der Waals surface area contributed by atoms with Crippen LogP contribution in [0.15, 0.2) is 18.2 Å². The van der Waals surface area contributed by atoms with Crippen LogP contribution in [0.4, 0.5) is 0 Å². The van der Waals surface area contributed by atoms with Crippen LogP contribution in [0.2, 0.25) is 0 Å². The van der Waals surface area contributed by atoms with Gasteiger partial charge in [-0.1, -0.05) is 25.1 Å². The first-order chi connectivity index (χ1) is 6.96. The van der Waals surface area contributed by atoms with Crippen molar-refractivity contribution in [2.45, 2.75) is 39.7 Å². The topological polar surface area (TPSA) is 29.5 Å². The summed E-state index contributed by atoms with van der Waals surface area (Å²) < 4.78 is 5.68. The fourth-order valence-electron chi connectivity index (χ4n) is 1.53. The molecule has 0 unspecified atom stereocenters. The third-order valence-corrected chi connectivity index (χ3v) is 2.32. The molecule has 84 valence electrons. The smallest absolute Gasteiger partial charge is 0.128 e. The molecule has 0 aromatic heterocycles. The van der Waals surface area contributed by atoms with Gasteiger partial charge in [-0.2, -0.15) is 0 Å². The molecule has 0 saturated carbocycles. The van der Waals surface area contributed by atoms with E-state index in [1.165, 1.54) is 0 Å². The Morgan fingerprint density at radius 3 is 2.53 bits per heavy atom. The molecule has 1 rings (SSSR count). The van der Waals surface area contributed by atoms with Gasteiger partial charge in [0.25, 0.3) is 0 Å². The van der Waals surface area contributed by atoms with Crippen LogP contribution >= 0.6 is 0 Å². The van der Waals surface area contributed by atoms with Crippen LogP contribution < -0.4 is 4.74 Å². The molecule has 2 nitrogen and oxygen atoms in total. The van der Waals surface area contributed by atoms with Gasteiger partial charge < -0.3 is 9.84 Å². The molecule has 0 saturated heterocycles. The molecule has 0 aliphatic rings. The summed E-state index contributed by atoms with van der Waals surface area (Å²) in [6.45, 7) is 8.32. The first-order valence-corrected chi connectivity index (χ1v) is 5.42. The van der Waals surface area contributed by atoms with E-state index >= 15 is 0 Å².